The molecule has 0 aliphatic carbocycles. The standard InChI is InChI=1S/C25H20F2N2O3/c26-17-7-3-5-15(11-17)24(31)28-13-21-23(19-9-1-2-10-20(19)28)22(14-30)29(21)25(32)16-6-4-8-18(27)12-16/h1-12,21-23,30H,13-14H2/t21-,22+,23+/m0/s1. The van der Waals surface area contributed by atoms with Gasteiger partial charge in [0.1, 0.15) is 11.6 Å². The van der Waals surface area contributed by atoms with Crippen molar-refractivity contribution in [2.24, 2.45) is 0 Å². The van der Waals surface area contributed by atoms with Crippen LogP contribution >= 0.6 is 0 Å². The minimum atomic E-state index is -0.523. The molecule has 162 valence electrons. The van der Waals surface area contributed by atoms with Crippen LogP contribution in [0.25, 0.3) is 0 Å². The molecule has 0 aromatic heterocycles. The molecular weight excluding hydrogens is 414 g/mol. The van der Waals surface area contributed by atoms with Gasteiger partial charge in [-0.25, -0.2) is 8.78 Å². The molecule has 3 aromatic rings. The molecule has 3 aromatic carbocycles. The monoisotopic (exact) mass is 434 g/mol. The van der Waals surface area contributed by atoms with E-state index in [2.05, 4.69) is 0 Å². The predicted molar refractivity (Wildman–Crippen MR) is 114 cm³/mol. The minimum absolute atomic E-state index is 0.162. The molecular formula is C25H20F2N2O3. The summed E-state index contributed by atoms with van der Waals surface area (Å²) in [6.45, 7) is -0.0665. The Balaban J connectivity index is 1.53. The van der Waals surface area contributed by atoms with Gasteiger partial charge in [0.05, 0.1) is 18.7 Å². The van der Waals surface area contributed by atoms with Gasteiger partial charge in [-0.1, -0.05) is 30.3 Å². The Labute approximate surface area is 183 Å². The summed E-state index contributed by atoms with van der Waals surface area (Å²) in [6, 6.07) is 17.4. The van der Waals surface area contributed by atoms with Crippen molar-refractivity contribution >= 4 is 17.5 Å². The number of benzene rings is 3. The number of aliphatic hydroxyl groups excluding tert-OH is 1. The Hall–Kier alpha value is -3.58. The number of likely N-dealkylation sites (tertiary alicyclic amines) is 1. The number of fused-ring (bicyclic) bond motifs is 3. The first-order valence-electron chi connectivity index (χ1n) is 10.3. The first kappa shape index (κ1) is 20.3. The maximum atomic E-state index is 13.7. The number of amides is 2. The van der Waals surface area contributed by atoms with Crippen LogP contribution in [0.1, 0.15) is 32.2 Å². The summed E-state index contributed by atoms with van der Waals surface area (Å²) < 4.78 is 27.5. The van der Waals surface area contributed by atoms with Crippen LogP contribution in [0.5, 0.6) is 0 Å². The molecule has 2 aliphatic rings. The molecule has 2 amide bonds. The third-order valence-electron chi connectivity index (χ3n) is 6.31. The van der Waals surface area contributed by atoms with Crippen molar-refractivity contribution in [1.29, 1.82) is 0 Å². The van der Waals surface area contributed by atoms with Gasteiger partial charge in [0.2, 0.25) is 0 Å². The van der Waals surface area contributed by atoms with Gasteiger partial charge in [-0.3, -0.25) is 9.59 Å². The average Bonchev–Trinajstić information content (AvgIpc) is 2.79. The summed E-state index contributed by atoms with van der Waals surface area (Å²) in [5, 5.41) is 10.1. The molecule has 2 heterocycles. The number of anilines is 1. The third kappa shape index (κ3) is 3.17. The van der Waals surface area contributed by atoms with E-state index in [4.69, 9.17) is 0 Å². The van der Waals surface area contributed by atoms with E-state index in [0.717, 1.165) is 11.6 Å². The van der Waals surface area contributed by atoms with Gasteiger partial charge in [-0.2, -0.15) is 0 Å². The second kappa shape index (κ2) is 7.84. The zero-order valence-electron chi connectivity index (χ0n) is 17.0. The maximum Gasteiger partial charge on any atom is 0.258 e. The first-order valence-corrected chi connectivity index (χ1v) is 10.3. The van der Waals surface area contributed by atoms with Crippen LogP contribution in [-0.4, -0.2) is 47.1 Å². The Morgan fingerprint density at radius 2 is 1.50 bits per heavy atom. The number of rotatable bonds is 3. The molecule has 1 saturated heterocycles. The molecule has 1 N–H and O–H groups in total. The van der Waals surface area contributed by atoms with Crippen LogP contribution in [0.3, 0.4) is 0 Å². The van der Waals surface area contributed by atoms with Crippen LogP contribution in [-0.2, 0) is 0 Å². The normalized spacial score (nSPS) is 21.4. The molecule has 0 unspecified atom stereocenters. The summed E-state index contributed by atoms with van der Waals surface area (Å²) in [6.07, 6.45) is 0. The number of hydrogen-bond acceptors (Lipinski definition) is 3. The van der Waals surface area contributed by atoms with Gasteiger partial charge in [0.25, 0.3) is 11.8 Å². The van der Waals surface area contributed by atoms with Crippen molar-refractivity contribution in [3.05, 3.63) is 101 Å². The summed E-state index contributed by atoms with van der Waals surface area (Å²) in [5.41, 5.74) is 1.92. The molecule has 5 rings (SSSR count). The molecule has 5 nitrogen and oxygen atoms in total. The SMILES string of the molecule is O=C(c1cccc(F)c1)N1C[C@H]2[C@@H](c3ccccc31)[C@@H](CO)N2C(=O)c1cccc(F)c1. The fourth-order valence-electron chi connectivity index (χ4n) is 4.91. The molecule has 0 bridgehead atoms. The lowest BCUT2D eigenvalue weighted by atomic mass is 9.71. The number of nitrogens with zero attached hydrogens (tertiary/aromatic N) is 2. The molecule has 1 fully saturated rings. The Kier molecular flexibility index (Phi) is 4.98. The van der Waals surface area contributed by atoms with Gasteiger partial charge in [-0.15, -0.1) is 0 Å². The highest BCUT2D eigenvalue weighted by molar-refractivity contribution is 6.07. The van der Waals surface area contributed by atoms with Crippen molar-refractivity contribution < 1.29 is 23.5 Å². The molecule has 2 aliphatic heterocycles. The van der Waals surface area contributed by atoms with Gasteiger partial charge in [-0.05, 0) is 48.0 Å². The predicted octanol–water partition coefficient (Wildman–Crippen LogP) is 3.59. The molecule has 7 heteroatoms. The number of aliphatic hydroxyl groups is 1. The van der Waals surface area contributed by atoms with Crippen molar-refractivity contribution in [2.75, 3.05) is 18.1 Å². The summed E-state index contributed by atoms with van der Waals surface area (Å²) in [5.74, 6) is -1.97. The summed E-state index contributed by atoms with van der Waals surface area (Å²) in [4.78, 5) is 29.6. The van der Waals surface area contributed by atoms with Crippen LogP contribution in [0, 0.1) is 11.6 Å². The molecule has 0 spiro atoms. The van der Waals surface area contributed by atoms with E-state index in [0.29, 0.717) is 5.69 Å². The highest BCUT2D eigenvalue weighted by Crippen LogP contribution is 2.48. The van der Waals surface area contributed by atoms with E-state index in [1.54, 1.807) is 11.0 Å². The largest absolute Gasteiger partial charge is 0.394 e. The van der Waals surface area contributed by atoms with E-state index in [1.807, 2.05) is 24.3 Å². The second-order valence-electron chi connectivity index (χ2n) is 8.05. The zero-order chi connectivity index (χ0) is 22.4. The lowest BCUT2D eigenvalue weighted by Gasteiger charge is -2.58. The van der Waals surface area contributed by atoms with Crippen molar-refractivity contribution in [3.63, 3.8) is 0 Å². The van der Waals surface area contributed by atoms with Crippen LogP contribution in [0.4, 0.5) is 14.5 Å². The second-order valence-corrected chi connectivity index (χ2v) is 8.05. The Morgan fingerprint density at radius 1 is 0.875 bits per heavy atom. The molecule has 32 heavy (non-hydrogen) atoms. The van der Waals surface area contributed by atoms with E-state index < -0.39 is 29.6 Å². The fourth-order valence-corrected chi connectivity index (χ4v) is 4.91. The highest BCUT2D eigenvalue weighted by Gasteiger charge is 2.55. The van der Waals surface area contributed by atoms with E-state index in [9.17, 15) is 23.5 Å². The molecule has 0 saturated carbocycles. The quantitative estimate of drug-likeness (QED) is 0.685. The summed E-state index contributed by atoms with van der Waals surface area (Å²) >= 11 is 0. The number of hydrogen-bond donors (Lipinski definition) is 1. The topological polar surface area (TPSA) is 60.9 Å². The van der Waals surface area contributed by atoms with Crippen LogP contribution < -0.4 is 4.90 Å². The number of carbonyl (C=O) groups excluding carboxylic acids is 2. The minimum Gasteiger partial charge on any atom is -0.394 e. The molecule has 3 atom stereocenters. The van der Waals surface area contributed by atoms with Crippen molar-refractivity contribution in [2.45, 2.75) is 18.0 Å². The summed E-state index contributed by atoms with van der Waals surface area (Å²) in [7, 11) is 0. The van der Waals surface area contributed by atoms with Gasteiger partial charge in [0, 0.05) is 29.3 Å². The maximum absolute atomic E-state index is 13.7. The highest BCUT2D eigenvalue weighted by atomic mass is 19.1. The van der Waals surface area contributed by atoms with Gasteiger partial charge >= 0.3 is 0 Å². The Bertz CT molecular complexity index is 1220. The lowest BCUT2D eigenvalue weighted by Crippen LogP contribution is -2.70. The van der Waals surface area contributed by atoms with Gasteiger partial charge < -0.3 is 14.9 Å². The first-order chi connectivity index (χ1) is 15.5. The number of para-hydroxylation sites is 1. The fraction of sp³-hybridized carbons (Fsp3) is 0.200. The smallest absolute Gasteiger partial charge is 0.258 e. The van der Waals surface area contributed by atoms with Crippen LogP contribution in [0.15, 0.2) is 72.8 Å². The van der Waals surface area contributed by atoms with Crippen molar-refractivity contribution in [3.8, 4) is 0 Å². The van der Waals surface area contributed by atoms with E-state index >= 15 is 0 Å². The number of carbonyl (C=O) groups is 2. The lowest BCUT2D eigenvalue weighted by molar-refractivity contribution is -0.0246. The van der Waals surface area contributed by atoms with Crippen molar-refractivity contribution in [1.82, 2.24) is 4.90 Å². The van der Waals surface area contributed by atoms with E-state index in [-0.39, 0.29) is 36.1 Å². The number of halogens is 2. The average molecular weight is 434 g/mol. The van der Waals surface area contributed by atoms with E-state index in [1.165, 1.54) is 41.3 Å². The van der Waals surface area contributed by atoms with Gasteiger partial charge in [0.15, 0.2) is 0 Å². The van der Waals surface area contributed by atoms with Crippen LogP contribution in [0.2, 0.25) is 0 Å². The Morgan fingerprint density at radius 3 is 2.12 bits per heavy atom. The molecule has 0 radical (unpaired) electrons. The zero-order valence-corrected chi connectivity index (χ0v) is 17.0. The third-order valence-corrected chi connectivity index (χ3v) is 6.31.